The number of nitrogens with zero attached hydrogens (tertiary/aromatic N) is 1. The zero-order chi connectivity index (χ0) is 17.7. The molecule has 2 aromatic rings. The number of hydrogen-bond donors (Lipinski definition) is 2. The van der Waals surface area contributed by atoms with Gasteiger partial charge in [-0.1, -0.05) is 12.1 Å². The highest BCUT2D eigenvalue weighted by Gasteiger charge is 2.10. The summed E-state index contributed by atoms with van der Waals surface area (Å²) in [6.45, 7) is 3.67. The summed E-state index contributed by atoms with van der Waals surface area (Å²) in [6.07, 6.45) is 2.58. The van der Waals surface area contributed by atoms with Crippen LogP contribution in [-0.2, 0) is 11.3 Å². The molecule has 0 atom stereocenters. The molecule has 2 rings (SSSR count). The maximum Gasteiger partial charge on any atom is 0.276 e. The van der Waals surface area contributed by atoms with E-state index in [4.69, 9.17) is 0 Å². The molecule has 0 fully saturated rings. The van der Waals surface area contributed by atoms with Crippen LogP contribution in [-0.4, -0.2) is 15.8 Å². The number of aromatic amines is 1. The molecule has 0 bridgehead atoms. The minimum atomic E-state index is -0.507. The summed E-state index contributed by atoms with van der Waals surface area (Å²) in [7, 11) is 0. The van der Waals surface area contributed by atoms with Crippen LogP contribution in [0, 0.1) is 24.0 Å². The van der Waals surface area contributed by atoms with Crippen LogP contribution in [0.4, 0.5) is 5.69 Å². The van der Waals surface area contributed by atoms with Crippen LogP contribution in [0.2, 0.25) is 0 Å². The summed E-state index contributed by atoms with van der Waals surface area (Å²) in [5.41, 5.74) is 2.04. The second-order valence-electron chi connectivity index (χ2n) is 5.31. The number of hydrogen-bond acceptors (Lipinski definition) is 4. The van der Waals surface area contributed by atoms with Crippen molar-refractivity contribution in [3.05, 3.63) is 79.3 Å². The van der Waals surface area contributed by atoms with Gasteiger partial charge in [0.15, 0.2) is 0 Å². The average Bonchev–Trinajstić information content (AvgIpc) is 2.52. The fraction of sp³-hybridized carbons (Fsp3) is 0.176. The first-order chi connectivity index (χ1) is 11.4. The van der Waals surface area contributed by atoms with Gasteiger partial charge in [-0.05, 0) is 37.6 Å². The molecule has 7 nitrogen and oxygen atoms in total. The summed E-state index contributed by atoms with van der Waals surface area (Å²) in [4.78, 5) is 36.8. The van der Waals surface area contributed by atoms with Crippen molar-refractivity contribution in [3.63, 3.8) is 0 Å². The molecular formula is C17H17N3O4. The van der Waals surface area contributed by atoms with Gasteiger partial charge in [0.1, 0.15) is 0 Å². The molecular weight excluding hydrogens is 310 g/mol. The number of nitro benzene ring substituents is 1. The summed E-state index contributed by atoms with van der Waals surface area (Å²) < 4.78 is 0. The molecule has 7 heteroatoms. The molecule has 0 saturated carbocycles. The number of nitrogens with one attached hydrogen (secondary N) is 2. The Morgan fingerprint density at radius 2 is 2.04 bits per heavy atom. The first-order valence-electron chi connectivity index (χ1n) is 7.27. The number of carbonyl (C=O) groups is 1. The second kappa shape index (κ2) is 7.36. The van der Waals surface area contributed by atoms with Crippen LogP contribution < -0.4 is 10.9 Å². The number of benzene rings is 1. The van der Waals surface area contributed by atoms with Gasteiger partial charge < -0.3 is 10.3 Å². The SMILES string of the molecule is Cc1cc(C)c(CNC(=O)/C=C/c2ccccc2[N+](=O)[O-])c(=O)[nH]1. The molecule has 124 valence electrons. The summed E-state index contributed by atoms with van der Waals surface area (Å²) >= 11 is 0. The number of nitro groups is 1. The molecule has 0 aliphatic carbocycles. The lowest BCUT2D eigenvalue weighted by Gasteiger charge is -2.06. The van der Waals surface area contributed by atoms with Crippen molar-refractivity contribution in [3.8, 4) is 0 Å². The van der Waals surface area contributed by atoms with E-state index in [-0.39, 0.29) is 17.8 Å². The molecule has 0 aliphatic heterocycles. The Kier molecular flexibility index (Phi) is 5.26. The summed E-state index contributed by atoms with van der Waals surface area (Å²) in [5.74, 6) is -0.437. The number of amides is 1. The highest BCUT2D eigenvalue weighted by molar-refractivity contribution is 5.92. The number of pyridine rings is 1. The van der Waals surface area contributed by atoms with Crippen LogP contribution in [0.5, 0.6) is 0 Å². The van der Waals surface area contributed by atoms with Gasteiger partial charge >= 0.3 is 0 Å². The van der Waals surface area contributed by atoms with Gasteiger partial charge in [-0.25, -0.2) is 0 Å². The van der Waals surface area contributed by atoms with Gasteiger partial charge in [-0.15, -0.1) is 0 Å². The zero-order valence-electron chi connectivity index (χ0n) is 13.3. The molecule has 0 radical (unpaired) electrons. The standard InChI is InChI=1S/C17H17N3O4/c1-11-9-12(2)19-17(22)14(11)10-18-16(21)8-7-13-5-3-4-6-15(13)20(23)24/h3-9H,10H2,1-2H3,(H,18,21)(H,19,22)/b8-7+. The van der Waals surface area contributed by atoms with Crippen LogP contribution in [0.25, 0.3) is 6.08 Å². The lowest BCUT2D eigenvalue weighted by molar-refractivity contribution is -0.385. The number of rotatable bonds is 5. The van der Waals surface area contributed by atoms with E-state index in [9.17, 15) is 19.7 Å². The fourth-order valence-corrected chi connectivity index (χ4v) is 2.30. The Balaban J connectivity index is 2.07. The molecule has 1 heterocycles. The molecule has 1 aromatic heterocycles. The van der Waals surface area contributed by atoms with E-state index in [1.165, 1.54) is 18.2 Å². The monoisotopic (exact) mass is 327 g/mol. The third-order valence-corrected chi connectivity index (χ3v) is 3.48. The topological polar surface area (TPSA) is 105 Å². The quantitative estimate of drug-likeness (QED) is 0.499. The van der Waals surface area contributed by atoms with Crippen LogP contribution in [0.1, 0.15) is 22.4 Å². The number of H-pyrrole nitrogens is 1. The molecule has 0 aliphatic rings. The van der Waals surface area contributed by atoms with E-state index in [0.717, 1.165) is 11.3 Å². The van der Waals surface area contributed by atoms with Crippen molar-refractivity contribution in [2.24, 2.45) is 0 Å². The number of para-hydroxylation sites is 1. The van der Waals surface area contributed by atoms with E-state index < -0.39 is 10.8 Å². The lowest BCUT2D eigenvalue weighted by atomic mass is 10.1. The second-order valence-corrected chi connectivity index (χ2v) is 5.31. The maximum absolute atomic E-state index is 11.9. The normalized spacial score (nSPS) is 10.8. The minimum absolute atomic E-state index is 0.0765. The Hall–Kier alpha value is -3.22. The van der Waals surface area contributed by atoms with Gasteiger partial charge in [-0.2, -0.15) is 0 Å². The van der Waals surface area contributed by atoms with Crippen molar-refractivity contribution in [1.29, 1.82) is 0 Å². The molecule has 1 amide bonds. The molecule has 0 spiro atoms. The molecule has 0 unspecified atom stereocenters. The van der Waals surface area contributed by atoms with Crippen molar-refractivity contribution in [2.75, 3.05) is 0 Å². The van der Waals surface area contributed by atoms with E-state index in [1.807, 2.05) is 6.07 Å². The van der Waals surface area contributed by atoms with Gasteiger partial charge in [0.2, 0.25) is 5.91 Å². The maximum atomic E-state index is 11.9. The first-order valence-corrected chi connectivity index (χ1v) is 7.27. The van der Waals surface area contributed by atoms with Crippen molar-refractivity contribution in [2.45, 2.75) is 20.4 Å². The summed E-state index contributed by atoms with van der Waals surface area (Å²) in [5, 5.41) is 13.5. The zero-order valence-corrected chi connectivity index (χ0v) is 13.3. The molecule has 1 aromatic carbocycles. The number of aromatic nitrogens is 1. The highest BCUT2D eigenvalue weighted by Crippen LogP contribution is 2.18. The predicted molar refractivity (Wildman–Crippen MR) is 90.5 cm³/mol. The highest BCUT2D eigenvalue weighted by atomic mass is 16.6. The van der Waals surface area contributed by atoms with Crippen LogP contribution in [0.15, 0.2) is 41.2 Å². The fourth-order valence-electron chi connectivity index (χ4n) is 2.30. The Morgan fingerprint density at radius 3 is 2.71 bits per heavy atom. The molecule has 2 N–H and O–H groups in total. The number of carbonyl (C=O) groups excluding carboxylic acids is 1. The van der Waals surface area contributed by atoms with Gasteiger partial charge in [0.25, 0.3) is 11.2 Å². The van der Waals surface area contributed by atoms with E-state index >= 15 is 0 Å². The van der Waals surface area contributed by atoms with E-state index in [2.05, 4.69) is 10.3 Å². The Labute approximate surface area is 138 Å². The minimum Gasteiger partial charge on any atom is -0.348 e. The van der Waals surface area contributed by atoms with Gasteiger partial charge in [0.05, 0.1) is 10.5 Å². The third-order valence-electron chi connectivity index (χ3n) is 3.48. The Morgan fingerprint density at radius 1 is 1.33 bits per heavy atom. The van der Waals surface area contributed by atoms with Crippen LogP contribution >= 0.6 is 0 Å². The Bertz CT molecular complexity index is 868. The molecule has 0 saturated heterocycles. The summed E-state index contributed by atoms with van der Waals surface area (Å²) in [6, 6.07) is 7.96. The lowest BCUT2D eigenvalue weighted by Crippen LogP contribution is -2.26. The number of aryl methyl sites for hydroxylation is 2. The smallest absolute Gasteiger partial charge is 0.276 e. The first kappa shape index (κ1) is 17.1. The van der Waals surface area contributed by atoms with E-state index in [1.54, 1.807) is 32.0 Å². The molecule has 24 heavy (non-hydrogen) atoms. The van der Waals surface area contributed by atoms with Crippen molar-refractivity contribution in [1.82, 2.24) is 10.3 Å². The van der Waals surface area contributed by atoms with Gasteiger partial charge in [0, 0.05) is 29.9 Å². The van der Waals surface area contributed by atoms with Crippen molar-refractivity contribution < 1.29 is 9.72 Å². The van der Waals surface area contributed by atoms with E-state index in [0.29, 0.717) is 11.1 Å². The predicted octanol–water partition coefficient (Wildman–Crippen LogP) is 2.23. The van der Waals surface area contributed by atoms with Crippen LogP contribution in [0.3, 0.4) is 0 Å². The average molecular weight is 327 g/mol. The van der Waals surface area contributed by atoms with Gasteiger partial charge in [-0.3, -0.25) is 19.7 Å². The van der Waals surface area contributed by atoms with Crippen molar-refractivity contribution >= 4 is 17.7 Å². The largest absolute Gasteiger partial charge is 0.348 e. The third kappa shape index (κ3) is 4.16.